The summed E-state index contributed by atoms with van der Waals surface area (Å²) in [5, 5.41) is 16.8. The Balaban J connectivity index is 1.90. The highest BCUT2D eigenvalue weighted by Crippen LogP contribution is 2.21. The summed E-state index contributed by atoms with van der Waals surface area (Å²) in [5.41, 5.74) is 3.28. The topological polar surface area (TPSA) is 81.2 Å². The Hall–Kier alpha value is -2.89. The Labute approximate surface area is 114 Å². The first-order valence-corrected chi connectivity index (χ1v) is 5.95. The zero-order valence-corrected chi connectivity index (χ0v) is 10.6. The van der Waals surface area contributed by atoms with Gasteiger partial charge in [-0.1, -0.05) is 17.3 Å². The molecule has 0 spiro atoms. The third kappa shape index (κ3) is 2.18. The number of hydrogen-bond acceptors (Lipinski definition) is 4. The highest BCUT2D eigenvalue weighted by Gasteiger charge is 2.12. The minimum atomic E-state index is -1.13. The molecule has 0 fully saturated rings. The summed E-state index contributed by atoms with van der Waals surface area (Å²) >= 11 is 0. The molecule has 0 aliphatic heterocycles. The quantitative estimate of drug-likeness (QED) is 0.790. The summed E-state index contributed by atoms with van der Waals surface area (Å²) < 4.78 is 6.50. The van der Waals surface area contributed by atoms with Gasteiger partial charge in [-0.25, -0.2) is 9.48 Å². The summed E-state index contributed by atoms with van der Waals surface area (Å²) in [4.78, 5) is 10.7. The Kier molecular flexibility index (Phi) is 2.83. The molecular weight excluding hydrogens is 258 g/mol. The molecule has 0 saturated heterocycles. The van der Waals surface area contributed by atoms with Gasteiger partial charge in [-0.3, -0.25) is 0 Å². The van der Waals surface area contributed by atoms with Crippen molar-refractivity contribution in [2.45, 2.75) is 6.92 Å². The second kappa shape index (κ2) is 4.65. The van der Waals surface area contributed by atoms with Crippen LogP contribution in [0.25, 0.3) is 16.9 Å². The lowest BCUT2D eigenvalue weighted by atomic mass is 10.1. The fraction of sp³-hybridized carbons (Fsp3) is 0.0714. The molecule has 0 aliphatic carbocycles. The monoisotopic (exact) mass is 269 g/mol. The van der Waals surface area contributed by atoms with Gasteiger partial charge in [-0.05, 0) is 24.6 Å². The summed E-state index contributed by atoms with van der Waals surface area (Å²) in [6, 6.07) is 8.86. The molecule has 6 nitrogen and oxygen atoms in total. The van der Waals surface area contributed by atoms with Crippen LogP contribution in [-0.4, -0.2) is 26.0 Å². The molecule has 6 heteroatoms. The maximum absolute atomic E-state index is 10.7. The fourth-order valence-corrected chi connectivity index (χ4v) is 1.85. The molecular formula is C14H11N3O3. The molecule has 3 aromatic rings. The van der Waals surface area contributed by atoms with Crippen LogP contribution in [0.3, 0.4) is 0 Å². The molecule has 2 heterocycles. The van der Waals surface area contributed by atoms with Crippen LogP contribution >= 0.6 is 0 Å². The van der Waals surface area contributed by atoms with Gasteiger partial charge in [0.15, 0.2) is 0 Å². The van der Waals surface area contributed by atoms with E-state index in [9.17, 15) is 4.79 Å². The average Bonchev–Trinajstić information content (AvgIpc) is 3.08. The van der Waals surface area contributed by atoms with E-state index in [1.54, 1.807) is 10.9 Å². The minimum Gasteiger partial charge on any atom is -0.475 e. The van der Waals surface area contributed by atoms with Gasteiger partial charge in [0.25, 0.3) is 0 Å². The fourth-order valence-electron chi connectivity index (χ4n) is 1.85. The van der Waals surface area contributed by atoms with E-state index < -0.39 is 5.97 Å². The Bertz CT molecular complexity index is 756. The van der Waals surface area contributed by atoms with E-state index in [0.717, 1.165) is 16.8 Å². The van der Waals surface area contributed by atoms with E-state index in [0.29, 0.717) is 5.69 Å². The lowest BCUT2D eigenvalue weighted by Crippen LogP contribution is -1.93. The maximum atomic E-state index is 10.7. The third-order valence-corrected chi connectivity index (χ3v) is 2.86. The largest absolute Gasteiger partial charge is 0.475 e. The molecule has 0 saturated carbocycles. The second-order valence-corrected chi connectivity index (χ2v) is 4.39. The molecule has 0 unspecified atom stereocenters. The Morgan fingerprint density at radius 2 is 2.05 bits per heavy atom. The standard InChI is InChI=1S/C14H11N3O3/c1-9-7-15-17(8-9)11-4-2-10(3-5-11)12-6-13(14(18)19)20-16-12/h2-8H,1H3,(H,18,19). The van der Waals surface area contributed by atoms with Crippen LogP contribution in [0.5, 0.6) is 0 Å². The van der Waals surface area contributed by atoms with Crippen molar-refractivity contribution in [3.63, 3.8) is 0 Å². The van der Waals surface area contributed by atoms with Crippen LogP contribution in [0, 0.1) is 6.92 Å². The van der Waals surface area contributed by atoms with Crippen molar-refractivity contribution in [3.05, 3.63) is 54.0 Å². The van der Waals surface area contributed by atoms with Crippen LogP contribution in [0.2, 0.25) is 0 Å². The number of carboxylic acid groups (broad SMARTS) is 1. The number of carboxylic acids is 1. The number of aromatic nitrogens is 3. The zero-order chi connectivity index (χ0) is 14.1. The van der Waals surface area contributed by atoms with Gasteiger partial charge in [-0.15, -0.1) is 0 Å². The summed E-state index contributed by atoms with van der Waals surface area (Å²) in [6.45, 7) is 1.97. The second-order valence-electron chi connectivity index (χ2n) is 4.39. The zero-order valence-electron chi connectivity index (χ0n) is 10.6. The van der Waals surface area contributed by atoms with Crippen molar-refractivity contribution < 1.29 is 14.4 Å². The predicted octanol–water partition coefficient (Wildman–Crippen LogP) is 2.53. The lowest BCUT2D eigenvalue weighted by Gasteiger charge is -2.01. The van der Waals surface area contributed by atoms with Crippen molar-refractivity contribution in [1.29, 1.82) is 0 Å². The van der Waals surface area contributed by atoms with Crippen molar-refractivity contribution >= 4 is 5.97 Å². The summed E-state index contributed by atoms with van der Waals surface area (Å²) in [7, 11) is 0. The molecule has 1 N–H and O–H groups in total. The van der Waals surface area contributed by atoms with E-state index in [2.05, 4.69) is 10.3 Å². The summed E-state index contributed by atoms with van der Waals surface area (Å²) in [5.74, 6) is -1.31. The van der Waals surface area contributed by atoms with E-state index in [1.165, 1.54) is 6.07 Å². The molecule has 0 bridgehead atoms. The predicted molar refractivity (Wildman–Crippen MR) is 70.8 cm³/mol. The van der Waals surface area contributed by atoms with E-state index in [-0.39, 0.29) is 5.76 Å². The molecule has 0 amide bonds. The number of carbonyl (C=O) groups is 1. The number of benzene rings is 1. The van der Waals surface area contributed by atoms with Gasteiger partial charge in [0, 0.05) is 17.8 Å². The van der Waals surface area contributed by atoms with Crippen LogP contribution in [0.1, 0.15) is 16.1 Å². The van der Waals surface area contributed by atoms with Gasteiger partial charge in [0.05, 0.1) is 11.9 Å². The number of nitrogens with zero attached hydrogens (tertiary/aromatic N) is 3. The Morgan fingerprint density at radius 3 is 2.60 bits per heavy atom. The first kappa shape index (κ1) is 12.2. The van der Waals surface area contributed by atoms with Gasteiger partial charge >= 0.3 is 5.97 Å². The van der Waals surface area contributed by atoms with Gasteiger partial charge in [-0.2, -0.15) is 5.10 Å². The third-order valence-electron chi connectivity index (χ3n) is 2.86. The highest BCUT2D eigenvalue weighted by atomic mass is 16.5. The highest BCUT2D eigenvalue weighted by molar-refractivity contribution is 5.85. The first-order valence-electron chi connectivity index (χ1n) is 5.95. The minimum absolute atomic E-state index is 0.174. The smallest absolute Gasteiger partial charge is 0.374 e. The number of aryl methyl sites for hydroxylation is 1. The molecule has 0 aliphatic rings. The van der Waals surface area contributed by atoms with Gasteiger partial charge in [0.1, 0.15) is 5.69 Å². The normalized spacial score (nSPS) is 10.7. The van der Waals surface area contributed by atoms with E-state index in [4.69, 9.17) is 9.63 Å². The van der Waals surface area contributed by atoms with E-state index in [1.807, 2.05) is 37.4 Å². The first-order chi connectivity index (χ1) is 9.63. The van der Waals surface area contributed by atoms with Crippen LogP contribution < -0.4 is 0 Å². The lowest BCUT2D eigenvalue weighted by molar-refractivity contribution is 0.0652. The van der Waals surface area contributed by atoms with Crippen molar-refractivity contribution in [2.24, 2.45) is 0 Å². The van der Waals surface area contributed by atoms with E-state index >= 15 is 0 Å². The average molecular weight is 269 g/mol. The molecule has 100 valence electrons. The van der Waals surface area contributed by atoms with Crippen molar-refractivity contribution in [3.8, 4) is 16.9 Å². The molecule has 20 heavy (non-hydrogen) atoms. The number of aromatic carboxylic acids is 1. The van der Waals surface area contributed by atoms with Gasteiger partial charge in [0.2, 0.25) is 5.76 Å². The number of rotatable bonds is 3. The number of hydrogen-bond donors (Lipinski definition) is 1. The SMILES string of the molecule is Cc1cnn(-c2ccc(-c3cc(C(=O)O)on3)cc2)c1. The summed E-state index contributed by atoms with van der Waals surface area (Å²) in [6.07, 6.45) is 3.71. The molecule has 0 radical (unpaired) electrons. The van der Waals surface area contributed by atoms with Crippen LogP contribution in [0.4, 0.5) is 0 Å². The molecule has 1 aromatic carbocycles. The molecule has 2 aromatic heterocycles. The Morgan fingerprint density at radius 1 is 1.30 bits per heavy atom. The maximum Gasteiger partial charge on any atom is 0.374 e. The van der Waals surface area contributed by atoms with Gasteiger partial charge < -0.3 is 9.63 Å². The molecule has 3 rings (SSSR count). The molecule has 0 atom stereocenters. The van der Waals surface area contributed by atoms with Crippen molar-refractivity contribution in [2.75, 3.05) is 0 Å². The van der Waals surface area contributed by atoms with Crippen molar-refractivity contribution in [1.82, 2.24) is 14.9 Å². The van der Waals surface area contributed by atoms with Crippen LogP contribution in [-0.2, 0) is 0 Å². The van der Waals surface area contributed by atoms with Crippen LogP contribution in [0.15, 0.2) is 47.2 Å².